The van der Waals surface area contributed by atoms with Gasteiger partial charge in [-0.1, -0.05) is 6.07 Å². The van der Waals surface area contributed by atoms with Crippen LogP contribution < -0.4 is 10.1 Å². The maximum atomic E-state index is 13.8. The van der Waals surface area contributed by atoms with Crippen LogP contribution in [0.15, 0.2) is 41.4 Å². The third-order valence-corrected chi connectivity index (χ3v) is 3.98. The highest BCUT2D eigenvalue weighted by Gasteiger charge is 2.10. The second-order valence-corrected chi connectivity index (χ2v) is 5.64. The van der Waals surface area contributed by atoms with Crippen molar-refractivity contribution >= 4 is 29.1 Å². The Balaban J connectivity index is 1.92. The van der Waals surface area contributed by atoms with E-state index in [0.717, 1.165) is 11.8 Å². The Hall–Kier alpha value is -2.41. The van der Waals surface area contributed by atoms with E-state index in [1.807, 2.05) is 0 Å². The lowest BCUT2D eigenvalue weighted by Gasteiger charge is -2.07. The first-order valence-corrected chi connectivity index (χ1v) is 7.71. The number of Topliss-reactive ketones (excluding diaryl/α,β-unsaturated/α-hetero) is 1. The molecule has 0 fully saturated rings. The molecule has 0 bridgehead atoms. The highest BCUT2D eigenvalue weighted by Crippen LogP contribution is 2.23. The highest BCUT2D eigenvalue weighted by molar-refractivity contribution is 8.00. The molecule has 1 aromatic carbocycles. The fourth-order valence-corrected chi connectivity index (χ4v) is 2.47. The van der Waals surface area contributed by atoms with Gasteiger partial charge in [0.15, 0.2) is 5.78 Å². The van der Waals surface area contributed by atoms with E-state index in [1.165, 1.54) is 32.4 Å². The van der Waals surface area contributed by atoms with Crippen LogP contribution in [0, 0.1) is 5.82 Å². The monoisotopic (exact) mass is 334 g/mol. The first-order valence-electron chi connectivity index (χ1n) is 6.73. The van der Waals surface area contributed by atoms with E-state index < -0.39 is 5.82 Å². The van der Waals surface area contributed by atoms with E-state index in [9.17, 15) is 14.0 Å². The summed E-state index contributed by atoms with van der Waals surface area (Å²) in [5, 5.41) is 2.66. The van der Waals surface area contributed by atoms with Crippen molar-refractivity contribution < 1.29 is 18.7 Å². The summed E-state index contributed by atoms with van der Waals surface area (Å²) < 4.78 is 18.8. The van der Waals surface area contributed by atoms with Gasteiger partial charge in [-0.05, 0) is 25.1 Å². The van der Waals surface area contributed by atoms with Crippen molar-refractivity contribution in [3.05, 3.63) is 47.9 Å². The summed E-state index contributed by atoms with van der Waals surface area (Å²) in [6.07, 6.45) is 1.48. The number of anilines is 1. The van der Waals surface area contributed by atoms with Crippen molar-refractivity contribution in [1.29, 1.82) is 0 Å². The van der Waals surface area contributed by atoms with Gasteiger partial charge in [0, 0.05) is 16.5 Å². The molecule has 0 aliphatic heterocycles. The number of amides is 1. The smallest absolute Gasteiger partial charge is 0.234 e. The molecule has 0 radical (unpaired) electrons. The van der Waals surface area contributed by atoms with E-state index in [1.54, 1.807) is 18.2 Å². The lowest BCUT2D eigenvalue weighted by Crippen LogP contribution is -2.14. The lowest BCUT2D eigenvalue weighted by molar-refractivity contribution is -0.113. The second-order valence-electron chi connectivity index (χ2n) is 4.63. The van der Waals surface area contributed by atoms with E-state index in [4.69, 9.17) is 4.74 Å². The summed E-state index contributed by atoms with van der Waals surface area (Å²) in [6.45, 7) is 1.37. The summed E-state index contributed by atoms with van der Waals surface area (Å²) in [5.74, 6) is -0.503. The lowest BCUT2D eigenvalue weighted by atomic mass is 10.1. The van der Waals surface area contributed by atoms with Crippen LogP contribution in [0.4, 0.5) is 10.1 Å². The molecule has 5 nitrogen and oxygen atoms in total. The number of hydrogen-bond donors (Lipinski definition) is 1. The number of benzene rings is 1. The van der Waals surface area contributed by atoms with Crippen LogP contribution in [0.1, 0.15) is 17.3 Å². The number of hydrogen-bond acceptors (Lipinski definition) is 5. The summed E-state index contributed by atoms with van der Waals surface area (Å²) in [7, 11) is 1.50. The number of ketones is 1. The number of aromatic nitrogens is 1. The second kappa shape index (κ2) is 7.73. The molecule has 0 spiro atoms. The van der Waals surface area contributed by atoms with Gasteiger partial charge in [-0.2, -0.15) is 0 Å². The first kappa shape index (κ1) is 17.0. The predicted octanol–water partition coefficient (Wildman–Crippen LogP) is 3.16. The van der Waals surface area contributed by atoms with E-state index >= 15 is 0 Å². The van der Waals surface area contributed by atoms with Gasteiger partial charge in [-0.15, -0.1) is 11.8 Å². The van der Waals surface area contributed by atoms with E-state index in [-0.39, 0.29) is 17.4 Å². The minimum absolute atomic E-state index is 0.0440. The number of halogens is 1. The zero-order valence-electron chi connectivity index (χ0n) is 12.6. The highest BCUT2D eigenvalue weighted by atomic mass is 32.2. The van der Waals surface area contributed by atoms with Gasteiger partial charge in [0.2, 0.25) is 11.8 Å². The molecule has 0 unspecified atom stereocenters. The molecule has 23 heavy (non-hydrogen) atoms. The van der Waals surface area contributed by atoms with Crippen LogP contribution in [0.3, 0.4) is 0 Å². The molecule has 0 saturated carbocycles. The number of thioether (sulfide) groups is 1. The third-order valence-electron chi connectivity index (χ3n) is 2.93. The van der Waals surface area contributed by atoms with E-state index in [0.29, 0.717) is 22.0 Å². The minimum Gasteiger partial charge on any atom is -0.481 e. The molecule has 1 N–H and O–H groups in total. The Morgan fingerprint density at radius 1 is 1.30 bits per heavy atom. The molecular weight excluding hydrogens is 319 g/mol. The van der Waals surface area contributed by atoms with Crippen LogP contribution in [0.25, 0.3) is 0 Å². The predicted molar refractivity (Wildman–Crippen MR) is 86.5 cm³/mol. The molecule has 1 heterocycles. The van der Waals surface area contributed by atoms with E-state index in [2.05, 4.69) is 10.3 Å². The molecule has 0 atom stereocenters. The van der Waals surface area contributed by atoms with Crippen LogP contribution in [-0.2, 0) is 4.79 Å². The largest absolute Gasteiger partial charge is 0.481 e. The Morgan fingerprint density at radius 3 is 2.65 bits per heavy atom. The number of ether oxygens (including phenoxy) is 1. The molecule has 1 amide bonds. The molecule has 120 valence electrons. The molecule has 0 aliphatic rings. The summed E-state index contributed by atoms with van der Waals surface area (Å²) in [4.78, 5) is 27.3. The molecule has 0 saturated heterocycles. The molecule has 7 heteroatoms. The van der Waals surface area contributed by atoms with Gasteiger partial charge < -0.3 is 10.1 Å². The number of carbonyl (C=O) groups excluding carboxylic acids is 2. The summed E-state index contributed by atoms with van der Waals surface area (Å²) >= 11 is 1.06. The average Bonchev–Trinajstić information content (AvgIpc) is 2.54. The Morgan fingerprint density at radius 2 is 2.09 bits per heavy atom. The Labute approximate surface area is 137 Å². The number of nitrogens with zero attached hydrogens (tertiary/aromatic N) is 1. The van der Waals surface area contributed by atoms with Crippen molar-refractivity contribution in [2.45, 2.75) is 11.8 Å². The Kier molecular flexibility index (Phi) is 5.70. The maximum Gasteiger partial charge on any atom is 0.234 e. The zero-order valence-corrected chi connectivity index (χ0v) is 13.4. The van der Waals surface area contributed by atoms with Crippen molar-refractivity contribution in [2.75, 3.05) is 18.2 Å². The van der Waals surface area contributed by atoms with Crippen LogP contribution in [0.2, 0.25) is 0 Å². The molecular formula is C16H15FN2O3S. The van der Waals surface area contributed by atoms with Gasteiger partial charge in [-0.3, -0.25) is 9.59 Å². The van der Waals surface area contributed by atoms with Crippen LogP contribution in [-0.4, -0.2) is 29.5 Å². The van der Waals surface area contributed by atoms with Crippen molar-refractivity contribution in [2.24, 2.45) is 0 Å². The van der Waals surface area contributed by atoms with Gasteiger partial charge >= 0.3 is 0 Å². The van der Waals surface area contributed by atoms with Crippen LogP contribution in [0.5, 0.6) is 5.88 Å². The fourth-order valence-electron chi connectivity index (χ4n) is 1.75. The molecule has 2 rings (SSSR count). The number of nitrogens with one attached hydrogen (secondary N) is 1. The summed E-state index contributed by atoms with van der Waals surface area (Å²) in [5.41, 5.74) is 0.837. The average molecular weight is 334 g/mol. The number of pyridine rings is 1. The van der Waals surface area contributed by atoms with Gasteiger partial charge in [-0.25, -0.2) is 9.37 Å². The third kappa shape index (κ3) is 4.79. The maximum absolute atomic E-state index is 13.8. The molecule has 1 aromatic heterocycles. The van der Waals surface area contributed by atoms with Gasteiger partial charge in [0.1, 0.15) is 5.82 Å². The van der Waals surface area contributed by atoms with Gasteiger partial charge in [0.05, 0.1) is 24.7 Å². The first-order chi connectivity index (χ1) is 11.0. The van der Waals surface area contributed by atoms with Crippen molar-refractivity contribution in [1.82, 2.24) is 4.98 Å². The standard InChI is InChI=1S/C16H15FN2O3S/c1-10(20)11-3-5-14(13(17)7-11)23-9-15(21)19-12-4-6-16(22-2)18-8-12/h3-8H,9H2,1-2H3,(H,19,21). The summed E-state index contributed by atoms with van der Waals surface area (Å²) in [6, 6.07) is 7.51. The van der Waals surface area contributed by atoms with Crippen molar-refractivity contribution in [3.63, 3.8) is 0 Å². The van der Waals surface area contributed by atoms with Gasteiger partial charge in [0.25, 0.3) is 0 Å². The van der Waals surface area contributed by atoms with Crippen molar-refractivity contribution in [3.8, 4) is 5.88 Å². The SMILES string of the molecule is COc1ccc(NC(=O)CSc2ccc(C(C)=O)cc2F)cn1. The number of rotatable bonds is 6. The normalized spacial score (nSPS) is 10.2. The molecule has 2 aromatic rings. The quantitative estimate of drug-likeness (QED) is 0.649. The minimum atomic E-state index is -0.512. The zero-order chi connectivity index (χ0) is 16.8. The topological polar surface area (TPSA) is 68.3 Å². The fraction of sp³-hybridized carbons (Fsp3) is 0.188. The Bertz CT molecular complexity index is 720. The number of methoxy groups -OCH3 is 1. The number of carbonyl (C=O) groups is 2. The van der Waals surface area contributed by atoms with Crippen LogP contribution >= 0.6 is 11.8 Å². The molecule has 0 aliphatic carbocycles.